The van der Waals surface area contributed by atoms with Crippen molar-refractivity contribution >= 4 is 26.7 Å². The van der Waals surface area contributed by atoms with Gasteiger partial charge in [0.15, 0.2) is 0 Å². The first-order valence-electron chi connectivity index (χ1n) is 7.34. The molecule has 4 rings (SSSR count). The lowest BCUT2D eigenvalue weighted by Crippen LogP contribution is -2.25. The van der Waals surface area contributed by atoms with E-state index in [1.165, 1.54) is 11.6 Å². The Morgan fingerprint density at radius 1 is 1.04 bits per heavy atom. The average Bonchev–Trinajstić information content (AvgIpc) is 3.09. The number of hydrogen-bond donors (Lipinski definition) is 2. The molecule has 0 radical (unpaired) electrons. The molecule has 6 nitrogen and oxygen atoms in total. The number of nitrogens with one attached hydrogen (secondary N) is 1. The van der Waals surface area contributed by atoms with Crippen LogP contribution in [0, 0.1) is 0 Å². The van der Waals surface area contributed by atoms with Gasteiger partial charge in [0, 0.05) is 5.69 Å². The van der Waals surface area contributed by atoms with E-state index in [1.54, 1.807) is 24.3 Å². The van der Waals surface area contributed by atoms with Crippen molar-refractivity contribution in [3.63, 3.8) is 0 Å². The number of fused-ring (bicyclic) bond motifs is 2. The van der Waals surface area contributed by atoms with Gasteiger partial charge in [-0.25, -0.2) is 13.2 Å². The third-order valence-electron chi connectivity index (χ3n) is 4.27. The van der Waals surface area contributed by atoms with Crippen molar-refractivity contribution in [2.45, 2.75) is 24.2 Å². The van der Waals surface area contributed by atoms with Crippen molar-refractivity contribution in [1.29, 1.82) is 0 Å². The Balaban J connectivity index is 1.98. The van der Waals surface area contributed by atoms with Crippen LogP contribution >= 0.6 is 0 Å². The molecular formula is C16H15N3O3S. The Hall–Kier alpha value is -2.54. The summed E-state index contributed by atoms with van der Waals surface area (Å²) >= 11 is 0. The maximum atomic E-state index is 12.9. The van der Waals surface area contributed by atoms with E-state index in [2.05, 4.69) is 4.98 Å². The zero-order valence-corrected chi connectivity index (χ0v) is 13.1. The molecule has 0 fully saturated rings. The number of benzene rings is 2. The number of imidazole rings is 1. The van der Waals surface area contributed by atoms with E-state index >= 15 is 0 Å². The highest BCUT2D eigenvalue weighted by molar-refractivity contribution is 7.90. The van der Waals surface area contributed by atoms with E-state index in [9.17, 15) is 13.2 Å². The zero-order valence-electron chi connectivity index (χ0n) is 12.2. The summed E-state index contributed by atoms with van der Waals surface area (Å²) in [6.45, 7) is 0. The smallest absolute Gasteiger partial charge is 0.340 e. The molecule has 2 aromatic carbocycles. The minimum Gasteiger partial charge on any atom is -0.399 e. The van der Waals surface area contributed by atoms with Gasteiger partial charge >= 0.3 is 5.69 Å². The lowest BCUT2D eigenvalue weighted by atomic mass is 10.1. The summed E-state index contributed by atoms with van der Waals surface area (Å²) in [4.78, 5) is 14.9. The zero-order chi connectivity index (χ0) is 16.2. The number of nitrogens with two attached hydrogens (primary N) is 1. The van der Waals surface area contributed by atoms with Gasteiger partial charge in [-0.1, -0.05) is 6.07 Å². The fourth-order valence-corrected chi connectivity index (χ4v) is 4.57. The summed E-state index contributed by atoms with van der Waals surface area (Å²) in [5, 5.41) is 0. The van der Waals surface area contributed by atoms with Gasteiger partial charge in [-0.3, -0.25) is 0 Å². The fraction of sp³-hybridized carbons (Fsp3) is 0.188. The molecule has 3 N–H and O–H groups in total. The summed E-state index contributed by atoms with van der Waals surface area (Å²) in [6, 6.07) is 9.78. The first-order valence-corrected chi connectivity index (χ1v) is 8.78. The molecule has 3 aromatic rings. The molecule has 0 amide bonds. The molecule has 0 saturated carbocycles. The van der Waals surface area contributed by atoms with Gasteiger partial charge in [0.25, 0.3) is 10.0 Å². The minimum atomic E-state index is -3.97. The molecule has 1 heterocycles. The maximum absolute atomic E-state index is 12.9. The van der Waals surface area contributed by atoms with Gasteiger partial charge in [-0.15, -0.1) is 0 Å². The average molecular weight is 329 g/mol. The molecule has 0 bridgehead atoms. The molecule has 0 spiro atoms. The van der Waals surface area contributed by atoms with Crippen LogP contribution in [0.5, 0.6) is 0 Å². The van der Waals surface area contributed by atoms with Crippen molar-refractivity contribution < 1.29 is 8.42 Å². The highest BCUT2D eigenvalue weighted by Gasteiger charge is 2.24. The molecule has 23 heavy (non-hydrogen) atoms. The highest BCUT2D eigenvalue weighted by Crippen LogP contribution is 2.26. The second kappa shape index (κ2) is 4.73. The predicted molar refractivity (Wildman–Crippen MR) is 88.0 cm³/mol. The van der Waals surface area contributed by atoms with Crippen LogP contribution in [0.25, 0.3) is 11.0 Å². The Morgan fingerprint density at radius 2 is 1.83 bits per heavy atom. The van der Waals surface area contributed by atoms with E-state index in [-0.39, 0.29) is 10.4 Å². The van der Waals surface area contributed by atoms with Gasteiger partial charge in [0.05, 0.1) is 15.9 Å². The van der Waals surface area contributed by atoms with Crippen LogP contribution in [0.15, 0.2) is 46.1 Å². The van der Waals surface area contributed by atoms with Gasteiger partial charge < -0.3 is 10.7 Å². The maximum Gasteiger partial charge on any atom is 0.340 e. The number of aromatic nitrogens is 2. The number of nitrogens with zero attached hydrogens (tertiary/aromatic N) is 1. The van der Waals surface area contributed by atoms with Crippen molar-refractivity contribution in [1.82, 2.24) is 8.96 Å². The molecule has 0 unspecified atom stereocenters. The Kier molecular flexibility index (Phi) is 2.89. The first kappa shape index (κ1) is 14.1. The van der Waals surface area contributed by atoms with Gasteiger partial charge in [-0.05, 0) is 60.7 Å². The molecule has 0 atom stereocenters. The van der Waals surface area contributed by atoms with E-state index in [0.29, 0.717) is 11.2 Å². The highest BCUT2D eigenvalue weighted by atomic mass is 32.2. The standard InChI is InChI=1S/C16H15N3O3S/c17-12-5-7-14-15(9-12)19(16(20)18-14)23(21,22)13-6-4-10-2-1-3-11(10)8-13/h4-9H,1-3,17H2,(H,18,20). The van der Waals surface area contributed by atoms with E-state index in [4.69, 9.17) is 5.73 Å². The van der Waals surface area contributed by atoms with Crippen molar-refractivity contribution in [3.8, 4) is 0 Å². The van der Waals surface area contributed by atoms with Crippen LogP contribution in [0.1, 0.15) is 17.5 Å². The van der Waals surface area contributed by atoms with Crippen molar-refractivity contribution in [3.05, 3.63) is 58.0 Å². The molecule has 7 heteroatoms. The number of nitrogen functional groups attached to an aromatic ring is 1. The number of rotatable bonds is 2. The number of aromatic amines is 1. The predicted octanol–water partition coefficient (Wildman–Crippen LogP) is 1.64. The van der Waals surface area contributed by atoms with Crippen LogP contribution in [0.2, 0.25) is 0 Å². The van der Waals surface area contributed by atoms with Gasteiger partial charge in [0.2, 0.25) is 0 Å². The third kappa shape index (κ3) is 2.08. The van der Waals surface area contributed by atoms with Crippen LogP contribution in [-0.4, -0.2) is 17.4 Å². The number of aryl methyl sites for hydroxylation is 2. The number of anilines is 1. The summed E-state index contributed by atoms with van der Waals surface area (Å²) in [6.07, 6.45) is 2.87. The van der Waals surface area contributed by atoms with Crippen LogP contribution in [0.4, 0.5) is 5.69 Å². The Bertz CT molecular complexity index is 1090. The molecule has 0 saturated heterocycles. The lowest BCUT2D eigenvalue weighted by molar-refractivity contribution is 0.587. The van der Waals surface area contributed by atoms with E-state index < -0.39 is 15.7 Å². The normalized spacial score (nSPS) is 14.3. The summed E-state index contributed by atoms with van der Waals surface area (Å²) in [5.74, 6) is 0. The topological polar surface area (TPSA) is 97.9 Å². The Labute approximate surface area is 132 Å². The second-order valence-electron chi connectivity index (χ2n) is 5.76. The monoisotopic (exact) mass is 329 g/mol. The quantitative estimate of drug-likeness (QED) is 0.698. The summed E-state index contributed by atoms with van der Waals surface area (Å²) in [7, 11) is -3.97. The molecule has 1 aromatic heterocycles. The summed E-state index contributed by atoms with van der Waals surface area (Å²) < 4.78 is 26.7. The second-order valence-corrected chi connectivity index (χ2v) is 7.55. The van der Waals surface area contributed by atoms with Crippen LogP contribution in [-0.2, 0) is 22.9 Å². The summed E-state index contributed by atoms with van der Waals surface area (Å²) in [5.41, 5.74) is 8.36. The van der Waals surface area contributed by atoms with E-state index in [0.717, 1.165) is 28.8 Å². The Morgan fingerprint density at radius 3 is 2.65 bits per heavy atom. The van der Waals surface area contributed by atoms with Crippen LogP contribution in [0.3, 0.4) is 0 Å². The third-order valence-corrected chi connectivity index (χ3v) is 5.97. The van der Waals surface area contributed by atoms with Crippen molar-refractivity contribution in [2.75, 3.05) is 5.73 Å². The van der Waals surface area contributed by atoms with Gasteiger partial charge in [-0.2, -0.15) is 3.97 Å². The molecular weight excluding hydrogens is 314 g/mol. The fourth-order valence-electron chi connectivity index (χ4n) is 3.15. The molecule has 1 aliphatic carbocycles. The van der Waals surface area contributed by atoms with Gasteiger partial charge in [0.1, 0.15) is 0 Å². The largest absolute Gasteiger partial charge is 0.399 e. The molecule has 1 aliphatic rings. The molecule has 0 aliphatic heterocycles. The number of H-pyrrole nitrogens is 1. The molecule has 118 valence electrons. The number of hydrogen-bond acceptors (Lipinski definition) is 4. The van der Waals surface area contributed by atoms with E-state index in [1.807, 2.05) is 6.07 Å². The minimum absolute atomic E-state index is 0.128. The lowest BCUT2D eigenvalue weighted by Gasteiger charge is -2.08. The first-order chi connectivity index (χ1) is 11.0. The van der Waals surface area contributed by atoms with Crippen molar-refractivity contribution in [2.24, 2.45) is 0 Å². The van der Waals surface area contributed by atoms with Crippen LogP contribution < -0.4 is 11.4 Å². The SMILES string of the molecule is Nc1ccc2[nH]c(=O)n(S(=O)(=O)c3ccc4c(c3)CCC4)c2c1.